The summed E-state index contributed by atoms with van der Waals surface area (Å²) < 4.78 is 5.29. The third kappa shape index (κ3) is 2.08. The SMILES string of the molecule is CC(C)/C(=C/N)C1=NCCOC1. The number of nitrogens with two attached hydrogens (primary N) is 1. The molecule has 0 amide bonds. The molecule has 0 saturated heterocycles. The third-order valence-electron chi connectivity index (χ3n) is 1.91. The first-order valence-corrected chi connectivity index (χ1v) is 4.29. The Morgan fingerprint density at radius 1 is 1.67 bits per heavy atom. The number of ether oxygens (including phenoxy) is 1. The lowest BCUT2D eigenvalue weighted by Crippen LogP contribution is -2.22. The van der Waals surface area contributed by atoms with Gasteiger partial charge in [0.25, 0.3) is 0 Å². The lowest BCUT2D eigenvalue weighted by Gasteiger charge is -2.17. The fraction of sp³-hybridized carbons (Fsp3) is 0.667. The average molecular weight is 168 g/mol. The van der Waals surface area contributed by atoms with Crippen molar-refractivity contribution in [1.29, 1.82) is 0 Å². The molecule has 0 unspecified atom stereocenters. The van der Waals surface area contributed by atoms with E-state index in [2.05, 4.69) is 18.8 Å². The highest BCUT2D eigenvalue weighted by Crippen LogP contribution is 2.12. The summed E-state index contributed by atoms with van der Waals surface area (Å²) >= 11 is 0. The zero-order valence-corrected chi connectivity index (χ0v) is 7.71. The van der Waals surface area contributed by atoms with Gasteiger partial charge in [-0.25, -0.2) is 0 Å². The molecule has 1 heterocycles. The lowest BCUT2D eigenvalue weighted by atomic mass is 9.99. The highest BCUT2D eigenvalue weighted by Gasteiger charge is 2.13. The molecule has 3 nitrogen and oxygen atoms in total. The Balaban J connectivity index is 2.72. The number of rotatable bonds is 2. The van der Waals surface area contributed by atoms with Crippen molar-refractivity contribution in [3.63, 3.8) is 0 Å². The van der Waals surface area contributed by atoms with Crippen molar-refractivity contribution in [2.24, 2.45) is 16.6 Å². The molecule has 0 aromatic carbocycles. The largest absolute Gasteiger partial charge is 0.404 e. The number of aliphatic imine (C=N–C) groups is 1. The molecule has 12 heavy (non-hydrogen) atoms. The van der Waals surface area contributed by atoms with E-state index in [0.717, 1.165) is 24.4 Å². The Bertz CT molecular complexity index is 207. The van der Waals surface area contributed by atoms with Gasteiger partial charge in [-0.05, 0) is 17.7 Å². The van der Waals surface area contributed by atoms with E-state index in [-0.39, 0.29) is 0 Å². The third-order valence-corrected chi connectivity index (χ3v) is 1.91. The maximum absolute atomic E-state index is 5.51. The van der Waals surface area contributed by atoms with Crippen LogP contribution < -0.4 is 5.73 Å². The zero-order chi connectivity index (χ0) is 8.97. The molecule has 0 spiro atoms. The standard InChI is InChI=1S/C9H16N2O/c1-7(2)8(5-10)9-6-12-4-3-11-9/h5,7H,3-4,6,10H2,1-2H3/b8-5-. The van der Waals surface area contributed by atoms with Gasteiger partial charge in [0.2, 0.25) is 0 Å². The molecule has 0 saturated carbocycles. The van der Waals surface area contributed by atoms with Crippen LogP contribution in [-0.4, -0.2) is 25.5 Å². The molecule has 0 aliphatic carbocycles. The van der Waals surface area contributed by atoms with E-state index in [1.807, 2.05) is 0 Å². The Morgan fingerprint density at radius 3 is 2.83 bits per heavy atom. The molecular formula is C9H16N2O. The maximum atomic E-state index is 5.51. The van der Waals surface area contributed by atoms with Gasteiger partial charge in [-0.2, -0.15) is 0 Å². The second-order valence-corrected chi connectivity index (χ2v) is 3.16. The Labute approximate surface area is 73.3 Å². The quantitative estimate of drug-likeness (QED) is 0.667. The summed E-state index contributed by atoms with van der Waals surface area (Å²) in [5, 5.41) is 0. The van der Waals surface area contributed by atoms with E-state index < -0.39 is 0 Å². The van der Waals surface area contributed by atoms with Crippen LogP contribution in [0.2, 0.25) is 0 Å². The van der Waals surface area contributed by atoms with Crippen LogP contribution in [0.5, 0.6) is 0 Å². The molecule has 0 fully saturated rings. The topological polar surface area (TPSA) is 47.6 Å². The second kappa shape index (κ2) is 4.26. The van der Waals surface area contributed by atoms with Crippen molar-refractivity contribution in [2.45, 2.75) is 13.8 Å². The minimum Gasteiger partial charge on any atom is -0.404 e. The van der Waals surface area contributed by atoms with E-state index >= 15 is 0 Å². The summed E-state index contributed by atoms with van der Waals surface area (Å²) in [6.45, 7) is 6.33. The van der Waals surface area contributed by atoms with Crippen LogP contribution in [0.4, 0.5) is 0 Å². The molecular weight excluding hydrogens is 152 g/mol. The Kier molecular flexibility index (Phi) is 3.29. The first-order chi connectivity index (χ1) is 5.75. The van der Waals surface area contributed by atoms with Gasteiger partial charge in [-0.1, -0.05) is 13.8 Å². The van der Waals surface area contributed by atoms with Crippen LogP contribution in [0.25, 0.3) is 0 Å². The van der Waals surface area contributed by atoms with E-state index in [4.69, 9.17) is 10.5 Å². The molecule has 3 heteroatoms. The number of hydrogen-bond acceptors (Lipinski definition) is 3. The zero-order valence-electron chi connectivity index (χ0n) is 7.71. The van der Waals surface area contributed by atoms with Crippen molar-refractivity contribution < 1.29 is 4.74 Å². The van der Waals surface area contributed by atoms with Crippen molar-refractivity contribution >= 4 is 5.71 Å². The van der Waals surface area contributed by atoms with Gasteiger partial charge in [-0.3, -0.25) is 4.99 Å². The highest BCUT2D eigenvalue weighted by atomic mass is 16.5. The molecule has 0 aromatic rings. The predicted octanol–water partition coefficient (Wildman–Crippen LogP) is 0.956. The minimum atomic E-state index is 0.426. The summed E-state index contributed by atoms with van der Waals surface area (Å²) in [4.78, 5) is 4.37. The first-order valence-electron chi connectivity index (χ1n) is 4.29. The van der Waals surface area contributed by atoms with Crippen molar-refractivity contribution in [3.05, 3.63) is 11.8 Å². The summed E-state index contributed by atoms with van der Waals surface area (Å²) in [7, 11) is 0. The maximum Gasteiger partial charge on any atom is 0.0887 e. The van der Waals surface area contributed by atoms with Crippen LogP contribution in [-0.2, 0) is 4.74 Å². The Morgan fingerprint density at radius 2 is 2.42 bits per heavy atom. The van der Waals surface area contributed by atoms with E-state index in [1.165, 1.54) is 0 Å². The van der Waals surface area contributed by atoms with Gasteiger partial charge in [-0.15, -0.1) is 0 Å². The van der Waals surface area contributed by atoms with Gasteiger partial charge >= 0.3 is 0 Å². The molecule has 1 aliphatic rings. The highest BCUT2D eigenvalue weighted by molar-refractivity contribution is 6.01. The molecule has 0 radical (unpaired) electrons. The summed E-state index contributed by atoms with van der Waals surface area (Å²) in [6.07, 6.45) is 1.64. The molecule has 2 N–H and O–H groups in total. The van der Waals surface area contributed by atoms with Crippen LogP contribution in [0.15, 0.2) is 16.8 Å². The fourth-order valence-corrected chi connectivity index (χ4v) is 1.26. The van der Waals surface area contributed by atoms with E-state index in [9.17, 15) is 0 Å². The van der Waals surface area contributed by atoms with Crippen LogP contribution in [0.1, 0.15) is 13.8 Å². The predicted molar refractivity (Wildman–Crippen MR) is 50.2 cm³/mol. The van der Waals surface area contributed by atoms with Crippen LogP contribution in [0, 0.1) is 5.92 Å². The first kappa shape index (κ1) is 9.26. The van der Waals surface area contributed by atoms with Gasteiger partial charge in [0, 0.05) is 0 Å². The molecule has 1 aliphatic heterocycles. The molecule has 68 valence electrons. The summed E-state index contributed by atoms with van der Waals surface area (Å²) in [5.41, 5.74) is 7.63. The number of nitrogens with zero attached hydrogens (tertiary/aromatic N) is 1. The van der Waals surface area contributed by atoms with Crippen molar-refractivity contribution in [3.8, 4) is 0 Å². The molecule has 0 atom stereocenters. The van der Waals surface area contributed by atoms with Crippen LogP contribution in [0.3, 0.4) is 0 Å². The summed E-state index contributed by atoms with van der Waals surface area (Å²) in [6, 6.07) is 0. The van der Waals surface area contributed by atoms with Crippen LogP contribution >= 0.6 is 0 Å². The second-order valence-electron chi connectivity index (χ2n) is 3.16. The smallest absolute Gasteiger partial charge is 0.0887 e. The van der Waals surface area contributed by atoms with Gasteiger partial charge in [0.15, 0.2) is 0 Å². The van der Waals surface area contributed by atoms with Gasteiger partial charge < -0.3 is 10.5 Å². The fourth-order valence-electron chi connectivity index (χ4n) is 1.26. The van der Waals surface area contributed by atoms with Crippen molar-refractivity contribution in [2.75, 3.05) is 19.8 Å². The lowest BCUT2D eigenvalue weighted by molar-refractivity contribution is 0.170. The normalized spacial score (nSPS) is 19.6. The molecule has 0 aromatic heterocycles. The number of hydrogen-bond donors (Lipinski definition) is 1. The average Bonchev–Trinajstić information content (AvgIpc) is 2.07. The van der Waals surface area contributed by atoms with Gasteiger partial charge in [0.1, 0.15) is 0 Å². The van der Waals surface area contributed by atoms with Gasteiger partial charge in [0.05, 0.1) is 25.5 Å². The Hall–Kier alpha value is -0.830. The molecule has 1 rings (SSSR count). The van der Waals surface area contributed by atoms with E-state index in [0.29, 0.717) is 12.5 Å². The summed E-state index contributed by atoms with van der Waals surface area (Å²) in [5.74, 6) is 0.426. The van der Waals surface area contributed by atoms with E-state index in [1.54, 1.807) is 6.20 Å². The van der Waals surface area contributed by atoms with Crippen molar-refractivity contribution in [1.82, 2.24) is 0 Å². The monoisotopic (exact) mass is 168 g/mol. The molecule has 0 bridgehead atoms. The minimum absolute atomic E-state index is 0.426.